The fraction of sp³-hybridized carbons (Fsp3) is 0.312. The van der Waals surface area contributed by atoms with Gasteiger partial charge >= 0.3 is 0 Å². The summed E-state index contributed by atoms with van der Waals surface area (Å²) in [7, 11) is 0. The number of fused-ring (bicyclic) bond motifs is 1. The third kappa shape index (κ3) is 2.46. The van der Waals surface area contributed by atoms with Crippen molar-refractivity contribution in [3.63, 3.8) is 0 Å². The summed E-state index contributed by atoms with van der Waals surface area (Å²) >= 11 is 0. The lowest BCUT2D eigenvalue weighted by Gasteiger charge is -2.00. The highest BCUT2D eigenvalue weighted by Gasteiger charge is 2.16. The van der Waals surface area contributed by atoms with Crippen molar-refractivity contribution >= 4 is 16.9 Å². The molecule has 0 bridgehead atoms. The van der Waals surface area contributed by atoms with Crippen molar-refractivity contribution in [2.75, 3.05) is 5.73 Å². The van der Waals surface area contributed by atoms with Crippen LogP contribution < -0.4 is 5.73 Å². The van der Waals surface area contributed by atoms with E-state index < -0.39 is 0 Å². The maximum absolute atomic E-state index is 6.06. The summed E-state index contributed by atoms with van der Waals surface area (Å²) in [5.41, 5.74) is 10.00. The van der Waals surface area contributed by atoms with Gasteiger partial charge in [0.05, 0.1) is 5.39 Å². The number of rotatable bonds is 4. The minimum atomic E-state index is 0.485. The van der Waals surface area contributed by atoms with Crippen molar-refractivity contribution in [3.8, 4) is 11.3 Å². The van der Waals surface area contributed by atoms with E-state index in [1.54, 1.807) is 0 Å². The standard InChI is InChI=1S/C16H19N5/c1-3-4-9-21-16-13(15(17)18-10-19-16)14(20-21)12-7-5-11(2)6-8-12/h5-8,10H,3-4,9H2,1-2H3,(H2,17,18,19). The predicted molar refractivity (Wildman–Crippen MR) is 84.8 cm³/mol. The van der Waals surface area contributed by atoms with Gasteiger partial charge in [-0.15, -0.1) is 0 Å². The molecular formula is C16H19N5. The first-order valence-electron chi connectivity index (χ1n) is 7.24. The van der Waals surface area contributed by atoms with Gasteiger partial charge in [-0.1, -0.05) is 43.2 Å². The van der Waals surface area contributed by atoms with Gasteiger partial charge in [-0.3, -0.25) is 0 Å². The zero-order chi connectivity index (χ0) is 14.8. The van der Waals surface area contributed by atoms with Crippen LogP contribution in [0.25, 0.3) is 22.3 Å². The van der Waals surface area contributed by atoms with Crippen LogP contribution in [0.4, 0.5) is 5.82 Å². The number of benzene rings is 1. The maximum atomic E-state index is 6.06. The lowest BCUT2D eigenvalue weighted by atomic mass is 10.1. The zero-order valence-electron chi connectivity index (χ0n) is 12.4. The smallest absolute Gasteiger partial charge is 0.163 e. The molecule has 21 heavy (non-hydrogen) atoms. The Hall–Kier alpha value is -2.43. The number of anilines is 1. The van der Waals surface area contributed by atoms with Crippen molar-refractivity contribution in [1.82, 2.24) is 19.7 Å². The van der Waals surface area contributed by atoms with Crippen LogP contribution in [0.2, 0.25) is 0 Å². The average molecular weight is 281 g/mol. The number of unbranched alkanes of at least 4 members (excludes halogenated alkanes) is 1. The van der Waals surface area contributed by atoms with Gasteiger partial charge in [-0.2, -0.15) is 5.10 Å². The van der Waals surface area contributed by atoms with E-state index in [4.69, 9.17) is 10.8 Å². The lowest BCUT2D eigenvalue weighted by molar-refractivity contribution is 0.585. The molecule has 0 aliphatic heterocycles. The molecular weight excluding hydrogens is 262 g/mol. The van der Waals surface area contributed by atoms with Crippen molar-refractivity contribution < 1.29 is 0 Å². The molecule has 0 spiro atoms. The number of aryl methyl sites for hydroxylation is 2. The van der Waals surface area contributed by atoms with E-state index in [2.05, 4.69) is 48.1 Å². The van der Waals surface area contributed by atoms with Crippen LogP contribution in [0.1, 0.15) is 25.3 Å². The molecule has 0 saturated carbocycles. The van der Waals surface area contributed by atoms with Crippen LogP contribution in [0.3, 0.4) is 0 Å². The molecule has 0 amide bonds. The molecule has 2 N–H and O–H groups in total. The first kappa shape index (κ1) is 13.5. The van der Waals surface area contributed by atoms with Gasteiger partial charge in [0.2, 0.25) is 0 Å². The van der Waals surface area contributed by atoms with E-state index in [-0.39, 0.29) is 0 Å². The molecule has 0 aliphatic rings. The molecule has 0 fully saturated rings. The van der Waals surface area contributed by atoms with Crippen LogP contribution in [-0.4, -0.2) is 19.7 Å². The van der Waals surface area contributed by atoms with Gasteiger partial charge in [0, 0.05) is 12.1 Å². The molecule has 0 saturated heterocycles. The van der Waals surface area contributed by atoms with Crippen molar-refractivity contribution in [3.05, 3.63) is 36.2 Å². The molecule has 0 radical (unpaired) electrons. The Labute approximate surface area is 123 Å². The third-order valence-corrected chi connectivity index (χ3v) is 3.61. The van der Waals surface area contributed by atoms with Gasteiger partial charge in [0.25, 0.3) is 0 Å². The molecule has 1 aromatic carbocycles. The molecule has 3 aromatic rings. The molecule has 2 aromatic heterocycles. The van der Waals surface area contributed by atoms with Gasteiger partial charge in [0.15, 0.2) is 5.65 Å². The zero-order valence-corrected chi connectivity index (χ0v) is 12.4. The Morgan fingerprint density at radius 3 is 2.62 bits per heavy atom. The summed E-state index contributed by atoms with van der Waals surface area (Å²) in [6, 6.07) is 8.28. The van der Waals surface area contributed by atoms with Crippen LogP contribution >= 0.6 is 0 Å². The second-order valence-corrected chi connectivity index (χ2v) is 5.25. The number of nitrogens with zero attached hydrogens (tertiary/aromatic N) is 4. The fourth-order valence-corrected chi connectivity index (χ4v) is 2.41. The molecule has 2 heterocycles. The highest BCUT2D eigenvalue weighted by atomic mass is 15.3. The van der Waals surface area contributed by atoms with E-state index in [9.17, 15) is 0 Å². The number of nitrogen functional groups attached to an aromatic ring is 1. The van der Waals surface area contributed by atoms with Gasteiger partial charge in [0.1, 0.15) is 17.8 Å². The van der Waals surface area contributed by atoms with Crippen LogP contribution in [-0.2, 0) is 6.54 Å². The van der Waals surface area contributed by atoms with E-state index in [1.165, 1.54) is 11.9 Å². The van der Waals surface area contributed by atoms with Crippen LogP contribution in [0, 0.1) is 6.92 Å². The van der Waals surface area contributed by atoms with Crippen molar-refractivity contribution in [1.29, 1.82) is 0 Å². The normalized spacial score (nSPS) is 11.1. The molecule has 0 unspecified atom stereocenters. The van der Waals surface area contributed by atoms with Crippen LogP contribution in [0.5, 0.6) is 0 Å². The van der Waals surface area contributed by atoms with Gasteiger partial charge in [-0.25, -0.2) is 14.6 Å². The quantitative estimate of drug-likeness (QED) is 0.797. The molecule has 5 nitrogen and oxygen atoms in total. The monoisotopic (exact) mass is 281 g/mol. The third-order valence-electron chi connectivity index (χ3n) is 3.61. The van der Waals surface area contributed by atoms with E-state index in [0.29, 0.717) is 5.82 Å². The van der Waals surface area contributed by atoms with E-state index >= 15 is 0 Å². The maximum Gasteiger partial charge on any atom is 0.163 e. The molecule has 5 heteroatoms. The second kappa shape index (κ2) is 5.52. The molecule has 3 rings (SSSR count). The lowest BCUT2D eigenvalue weighted by Crippen LogP contribution is -2.01. The van der Waals surface area contributed by atoms with Crippen molar-refractivity contribution in [2.45, 2.75) is 33.2 Å². The Balaban J connectivity index is 2.19. The predicted octanol–water partition coefficient (Wildman–Crippen LogP) is 3.18. The summed E-state index contributed by atoms with van der Waals surface area (Å²) in [6.07, 6.45) is 3.68. The topological polar surface area (TPSA) is 69.6 Å². The highest BCUT2D eigenvalue weighted by Crippen LogP contribution is 2.30. The van der Waals surface area contributed by atoms with Crippen LogP contribution in [0.15, 0.2) is 30.6 Å². The summed E-state index contributed by atoms with van der Waals surface area (Å²) in [4.78, 5) is 8.49. The van der Waals surface area contributed by atoms with E-state index in [1.807, 2.05) is 4.68 Å². The first-order valence-corrected chi connectivity index (χ1v) is 7.24. The largest absolute Gasteiger partial charge is 0.383 e. The average Bonchev–Trinajstić information content (AvgIpc) is 2.86. The van der Waals surface area contributed by atoms with Gasteiger partial charge < -0.3 is 5.73 Å². The number of hydrogen-bond acceptors (Lipinski definition) is 4. The molecule has 0 aliphatic carbocycles. The second-order valence-electron chi connectivity index (χ2n) is 5.25. The number of nitrogens with two attached hydrogens (primary N) is 1. The Bertz CT molecular complexity index is 758. The summed E-state index contributed by atoms with van der Waals surface area (Å²) < 4.78 is 1.94. The number of aromatic nitrogens is 4. The molecule has 108 valence electrons. The summed E-state index contributed by atoms with van der Waals surface area (Å²) in [6.45, 7) is 5.07. The summed E-state index contributed by atoms with van der Waals surface area (Å²) in [5.74, 6) is 0.485. The number of hydrogen-bond donors (Lipinski definition) is 1. The molecule has 0 atom stereocenters. The SMILES string of the molecule is CCCCn1nc(-c2ccc(C)cc2)c2c(N)ncnc21. The fourth-order valence-electron chi connectivity index (χ4n) is 2.41. The van der Waals surface area contributed by atoms with Crippen molar-refractivity contribution in [2.24, 2.45) is 0 Å². The minimum Gasteiger partial charge on any atom is -0.383 e. The summed E-state index contributed by atoms with van der Waals surface area (Å²) in [5, 5.41) is 5.57. The van der Waals surface area contributed by atoms with E-state index in [0.717, 1.165) is 41.7 Å². The minimum absolute atomic E-state index is 0.485. The Kier molecular flexibility index (Phi) is 3.56. The first-order chi connectivity index (χ1) is 10.2. The Morgan fingerprint density at radius 2 is 1.90 bits per heavy atom. The highest BCUT2D eigenvalue weighted by molar-refractivity contribution is 5.98. The van der Waals surface area contributed by atoms with Gasteiger partial charge in [-0.05, 0) is 13.3 Å². The Morgan fingerprint density at radius 1 is 1.14 bits per heavy atom.